The molecule has 1 heterocycles. The third-order valence-electron chi connectivity index (χ3n) is 3.44. The fourth-order valence-corrected chi connectivity index (χ4v) is 2.23. The molecular formula is C18H18F2N2O5. The summed E-state index contributed by atoms with van der Waals surface area (Å²) in [5.74, 6) is -1.07. The van der Waals surface area contributed by atoms with Crippen LogP contribution in [0, 0.1) is 0 Å². The van der Waals surface area contributed by atoms with Gasteiger partial charge in [0.2, 0.25) is 5.88 Å². The van der Waals surface area contributed by atoms with Crippen molar-refractivity contribution in [2.24, 2.45) is 0 Å². The standard InChI is InChI=1S/C18H18F2N2O5/c1-3-26-14-10-12(8-9-21-14)16(23)22-15(17(24)25-2)11-4-6-13(7-5-11)27-18(19)20/h4-10,15,18H,3H2,1-2H3,(H,22,23). The molecule has 1 amide bonds. The smallest absolute Gasteiger partial charge is 0.387 e. The van der Waals surface area contributed by atoms with Crippen LogP contribution in [0.2, 0.25) is 0 Å². The predicted octanol–water partition coefficient (Wildman–Crippen LogP) is 2.73. The van der Waals surface area contributed by atoms with Crippen LogP contribution in [0.1, 0.15) is 28.9 Å². The molecule has 0 aliphatic heterocycles. The summed E-state index contributed by atoms with van der Waals surface area (Å²) in [6, 6.07) is 7.08. The Morgan fingerprint density at radius 2 is 1.89 bits per heavy atom. The number of pyridine rings is 1. The number of amides is 1. The highest BCUT2D eigenvalue weighted by atomic mass is 19.3. The van der Waals surface area contributed by atoms with Gasteiger partial charge in [0.25, 0.3) is 5.91 Å². The van der Waals surface area contributed by atoms with E-state index in [4.69, 9.17) is 9.47 Å². The number of ether oxygens (including phenoxy) is 3. The van der Waals surface area contributed by atoms with E-state index in [9.17, 15) is 18.4 Å². The van der Waals surface area contributed by atoms with Crippen LogP contribution in [0.5, 0.6) is 11.6 Å². The molecule has 0 spiro atoms. The summed E-state index contributed by atoms with van der Waals surface area (Å²) in [5.41, 5.74) is 0.580. The third kappa shape index (κ3) is 5.63. The second kappa shape index (κ2) is 9.46. The highest BCUT2D eigenvalue weighted by Crippen LogP contribution is 2.21. The average molecular weight is 380 g/mol. The molecule has 0 saturated heterocycles. The van der Waals surface area contributed by atoms with Gasteiger partial charge < -0.3 is 19.5 Å². The predicted molar refractivity (Wildman–Crippen MR) is 90.7 cm³/mol. The van der Waals surface area contributed by atoms with Crippen LogP contribution in [-0.2, 0) is 9.53 Å². The maximum absolute atomic E-state index is 12.5. The van der Waals surface area contributed by atoms with Gasteiger partial charge in [-0.3, -0.25) is 4.79 Å². The van der Waals surface area contributed by atoms with Crippen LogP contribution in [-0.4, -0.2) is 37.2 Å². The number of hydrogen-bond donors (Lipinski definition) is 1. The summed E-state index contributed by atoms with van der Waals surface area (Å²) < 4.78 is 38.7. The van der Waals surface area contributed by atoms with Gasteiger partial charge in [-0.25, -0.2) is 9.78 Å². The topological polar surface area (TPSA) is 86.8 Å². The molecule has 144 valence electrons. The summed E-state index contributed by atoms with van der Waals surface area (Å²) in [4.78, 5) is 28.5. The number of carbonyl (C=O) groups is 2. The lowest BCUT2D eigenvalue weighted by Crippen LogP contribution is -2.34. The lowest BCUT2D eigenvalue weighted by Gasteiger charge is -2.17. The van der Waals surface area contributed by atoms with Crippen LogP contribution in [0.4, 0.5) is 8.78 Å². The van der Waals surface area contributed by atoms with Crippen molar-refractivity contribution in [3.63, 3.8) is 0 Å². The number of aromatic nitrogens is 1. The molecule has 0 bridgehead atoms. The number of nitrogens with one attached hydrogen (secondary N) is 1. The number of esters is 1. The molecule has 9 heteroatoms. The Bertz CT molecular complexity index is 784. The van der Waals surface area contributed by atoms with Gasteiger partial charge in [-0.15, -0.1) is 0 Å². The molecule has 7 nitrogen and oxygen atoms in total. The van der Waals surface area contributed by atoms with Crippen LogP contribution < -0.4 is 14.8 Å². The summed E-state index contributed by atoms with van der Waals surface area (Å²) in [5, 5.41) is 2.54. The monoisotopic (exact) mass is 380 g/mol. The number of nitrogens with zero attached hydrogens (tertiary/aromatic N) is 1. The first-order valence-corrected chi connectivity index (χ1v) is 7.97. The normalized spacial score (nSPS) is 11.6. The first-order valence-electron chi connectivity index (χ1n) is 7.97. The van der Waals surface area contributed by atoms with Crippen molar-refractivity contribution in [3.8, 4) is 11.6 Å². The van der Waals surface area contributed by atoms with Crippen molar-refractivity contribution in [1.82, 2.24) is 10.3 Å². The molecule has 1 aromatic heterocycles. The average Bonchev–Trinajstić information content (AvgIpc) is 2.66. The number of alkyl halides is 2. The number of halogens is 2. The van der Waals surface area contributed by atoms with Gasteiger partial charge in [0, 0.05) is 17.8 Å². The molecule has 27 heavy (non-hydrogen) atoms. The largest absolute Gasteiger partial charge is 0.478 e. The van der Waals surface area contributed by atoms with Crippen LogP contribution in [0.25, 0.3) is 0 Å². The molecule has 2 aromatic rings. The van der Waals surface area contributed by atoms with Crippen molar-refractivity contribution in [2.75, 3.05) is 13.7 Å². The van der Waals surface area contributed by atoms with E-state index in [2.05, 4.69) is 15.0 Å². The molecule has 1 atom stereocenters. The first kappa shape index (κ1) is 20.1. The van der Waals surface area contributed by atoms with E-state index in [0.29, 0.717) is 12.2 Å². The number of methoxy groups -OCH3 is 1. The Morgan fingerprint density at radius 3 is 2.48 bits per heavy atom. The Labute approximate surface area is 154 Å². The molecular weight excluding hydrogens is 362 g/mol. The van der Waals surface area contributed by atoms with E-state index in [1.807, 2.05) is 0 Å². The number of rotatable bonds is 8. The van der Waals surface area contributed by atoms with Crippen molar-refractivity contribution < 1.29 is 32.6 Å². The van der Waals surface area contributed by atoms with Crippen molar-refractivity contribution in [3.05, 3.63) is 53.7 Å². The van der Waals surface area contributed by atoms with E-state index in [-0.39, 0.29) is 17.2 Å². The maximum Gasteiger partial charge on any atom is 0.387 e. The molecule has 0 aliphatic rings. The molecule has 2 rings (SSSR count). The van der Waals surface area contributed by atoms with Gasteiger partial charge in [0.05, 0.1) is 13.7 Å². The highest BCUT2D eigenvalue weighted by Gasteiger charge is 2.24. The lowest BCUT2D eigenvalue weighted by molar-refractivity contribution is -0.143. The van der Waals surface area contributed by atoms with Gasteiger partial charge in [0.15, 0.2) is 6.04 Å². The summed E-state index contributed by atoms with van der Waals surface area (Å²) in [6.07, 6.45) is 1.41. The fourth-order valence-electron chi connectivity index (χ4n) is 2.23. The summed E-state index contributed by atoms with van der Waals surface area (Å²) in [6.45, 7) is -0.794. The zero-order valence-corrected chi connectivity index (χ0v) is 14.6. The van der Waals surface area contributed by atoms with E-state index in [1.54, 1.807) is 6.92 Å². The van der Waals surface area contributed by atoms with Crippen molar-refractivity contribution in [1.29, 1.82) is 0 Å². The Morgan fingerprint density at radius 1 is 1.19 bits per heavy atom. The van der Waals surface area contributed by atoms with E-state index in [0.717, 1.165) is 0 Å². The fraction of sp³-hybridized carbons (Fsp3) is 0.278. The second-order valence-corrected chi connectivity index (χ2v) is 5.19. The van der Waals surface area contributed by atoms with Gasteiger partial charge in [-0.2, -0.15) is 8.78 Å². The SMILES string of the molecule is CCOc1cc(C(=O)NC(C(=O)OC)c2ccc(OC(F)F)cc2)ccn1. The van der Waals surface area contributed by atoms with E-state index >= 15 is 0 Å². The first-order chi connectivity index (χ1) is 12.9. The van der Waals surface area contributed by atoms with Crippen LogP contribution >= 0.6 is 0 Å². The summed E-state index contributed by atoms with van der Waals surface area (Å²) >= 11 is 0. The minimum Gasteiger partial charge on any atom is -0.478 e. The third-order valence-corrected chi connectivity index (χ3v) is 3.44. The number of hydrogen-bond acceptors (Lipinski definition) is 6. The maximum atomic E-state index is 12.5. The van der Waals surface area contributed by atoms with Crippen molar-refractivity contribution >= 4 is 11.9 Å². The van der Waals surface area contributed by atoms with E-state index in [1.165, 1.54) is 49.7 Å². The Hall–Kier alpha value is -3.23. The lowest BCUT2D eigenvalue weighted by atomic mass is 10.1. The van der Waals surface area contributed by atoms with Crippen LogP contribution in [0.15, 0.2) is 42.6 Å². The minimum atomic E-state index is -2.96. The summed E-state index contributed by atoms with van der Waals surface area (Å²) in [7, 11) is 1.18. The van der Waals surface area contributed by atoms with Crippen molar-refractivity contribution in [2.45, 2.75) is 19.6 Å². The second-order valence-electron chi connectivity index (χ2n) is 5.19. The van der Waals surface area contributed by atoms with Crippen LogP contribution in [0.3, 0.4) is 0 Å². The minimum absolute atomic E-state index is 0.0702. The molecule has 1 aromatic carbocycles. The van der Waals surface area contributed by atoms with E-state index < -0.39 is 24.5 Å². The molecule has 0 saturated carbocycles. The zero-order chi connectivity index (χ0) is 19.8. The molecule has 0 fully saturated rings. The molecule has 1 unspecified atom stereocenters. The van der Waals surface area contributed by atoms with Gasteiger partial charge in [-0.05, 0) is 30.7 Å². The highest BCUT2D eigenvalue weighted by molar-refractivity contribution is 5.97. The Balaban J connectivity index is 2.20. The van der Waals surface area contributed by atoms with Gasteiger partial charge in [-0.1, -0.05) is 12.1 Å². The quantitative estimate of drug-likeness (QED) is 0.709. The zero-order valence-electron chi connectivity index (χ0n) is 14.6. The number of benzene rings is 1. The number of carbonyl (C=O) groups excluding carboxylic acids is 2. The molecule has 1 N–H and O–H groups in total. The Kier molecular flexibility index (Phi) is 7.04. The molecule has 0 aliphatic carbocycles. The van der Waals surface area contributed by atoms with Gasteiger partial charge in [0.1, 0.15) is 5.75 Å². The van der Waals surface area contributed by atoms with Gasteiger partial charge >= 0.3 is 12.6 Å². The molecule has 0 radical (unpaired) electrons.